The average molecular weight is 296 g/mol. The molecule has 0 heterocycles. The summed E-state index contributed by atoms with van der Waals surface area (Å²) in [5.74, 6) is -0.286. The number of rotatable bonds is 5. The Morgan fingerprint density at radius 2 is 1.95 bits per heavy atom. The Hall–Kier alpha value is -1.62. The normalized spacial score (nSPS) is 12.1. The van der Waals surface area contributed by atoms with Gasteiger partial charge in [-0.3, -0.25) is 0 Å². The second kappa shape index (κ2) is 6.43. The number of carbonyl (C=O) groups is 1. The third kappa shape index (κ3) is 5.71. The summed E-state index contributed by atoms with van der Waals surface area (Å²) in [4.78, 5) is 13.4. The maximum atomic E-state index is 13.3. The highest BCUT2D eigenvalue weighted by Gasteiger charge is 2.24. The van der Waals surface area contributed by atoms with Gasteiger partial charge in [-0.05, 0) is 31.5 Å². The molecule has 0 aliphatic carbocycles. The van der Waals surface area contributed by atoms with E-state index in [1.165, 1.54) is 17.0 Å². The summed E-state index contributed by atoms with van der Waals surface area (Å²) in [6.07, 6.45) is 0. The number of hydrogen-bond donors (Lipinski definition) is 2. The number of likely N-dealkylation sites (N-methyl/N-ethyl adjacent to an activating group) is 1. The molecule has 4 nitrogen and oxygen atoms in total. The third-order valence-electron chi connectivity index (χ3n) is 3.26. The van der Waals surface area contributed by atoms with Gasteiger partial charge in [-0.2, -0.15) is 0 Å². The fourth-order valence-electron chi connectivity index (χ4n) is 2.10. The average Bonchev–Trinajstić information content (AvgIpc) is 2.34. The zero-order valence-corrected chi connectivity index (χ0v) is 13.4. The fraction of sp³-hybridized carbons (Fsp3) is 0.562. The highest BCUT2D eigenvalue weighted by Crippen LogP contribution is 2.22. The van der Waals surface area contributed by atoms with E-state index in [2.05, 4.69) is 5.32 Å². The van der Waals surface area contributed by atoms with Gasteiger partial charge in [0, 0.05) is 19.0 Å². The van der Waals surface area contributed by atoms with Crippen LogP contribution < -0.4 is 5.32 Å². The molecule has 0 aromatic heterocycles. The summed E-state index contributed by atoms with van der Waals surface area (Å²) in [7, 11) is 1.63. The summed E-state index contributed by atoms with van der Waals surface area (Å²) in [5.41, 5.74) is -0.495. The lowest BCUT2D eigenvalue weighted by Gasteiger charge is -2.29. The summed E-state index contributed by atoms with van der Waals surface area (Å²) in [6.45, 7) is 7.79. The molecule has 1 rings (SSSR count). The number of hydrogen-bond acceptors (Lipinski definition) is 2. The quantitative estimate of drug-likeness (QED) is 0.877. The molecule has 0 radical (unpaired) electrons. The molecule has 1 aromatic carbocycles. The number of nitrogens with zero attached hydrogens (tertiary/aromatic N) is 1. The molecule has 0 aliphatic heterocycles. The first-order valence-corrected chi connectivity index (χ1v) is 6.99. The van der Waals surface area contributed by atoms with Crippen molar-refractivity contribution in [2.24, 2.45) is 0 Å². The van der Waals surface area contributed by atoms with Crippen LogP contribution in [0.1, 0.15) is 33.3 Å². The van der Waals surface area contributed by atoms with Crippen molar-refractivity contribution in [3.8, 4) is 0 Å². The molecular weight excluding hydrogens is 271 g/mol. The Labute approximate surface area is 126 Å². The van der Waals surface area contributed by atoms with Gasteiger partial charge in [-0.1, -0.05) is 26.0 Å². The molecule has 2 amide bonds. The number of aliphatic hydroxyl groups is 1. The molecule has 0 atom stereocenters. The van der Waals surface area contributed by atoms with E-state index < -0.39 is 5.60 Å². The molecule has 1 aromatic rings. The van der Waals surface area contributed by atoms with Crippen molar-refractivity contribution >= 4 is 6.03 Å². The van der Waals surface area contributed by atoms with Crippen molar-refractivity contribution in [2.45, 2.75) is 38.7 Å². The van der Waals surface area contributed by atoms with Gasteiger partial charge < -0.3 is 15.3 Å². The number of benzene rings is 1. The zero-order chi connectivity index (χ0) is 16.3. The summed E-state index contributed by atoms with van der Waals surface area (Å²) >= 11 is 0. The van der Waals surface area contributed by atoms with Crippen molar-refractivity contribution in [1.29, 1.82) is 0 Å². The van der Waals surface area contributed by atoms with Gasteiger partial charge in [0.1, 0.15) is 5.82 Å². The number of urea groups is 1. The number of halogens is 1. The predicted octanol–water partition coefficient (Wildman–Crippen LogP) is 2.52. The Bertz CT molecular complexity index is 495. The lowest BCUT2D eigenvalue weighted by molar-refractivity contribution is 0.0530. The molecule has 118 valence electrons. The van der Waals surface area contributed by atoms with Crippen molar-refractivity contribution in [3.05, 3.63) is 35.6 Å². The van der Waals surface area contributed by atoms with Gasteiger partial charge in [0.25, 0.3) is 0 Å². The van der Waals surface area contributed by atoms with Crippen LogP contribution in [0.15, 0.2) is 24.3 Å². The van der Waals surface area contributed by atoms with Crippen LogP contribution in [0, 0.1) is 5.82 Å². The van der Waals surface area contributed by atoms with Crippen molar-refractivity contribution in [2.75, 3.05) is 20.1 Å². The monoisotopic (exact) mass is 296 g/mol. The van der Waals surface area contributed by atoms with Gasteiger partial charge in [0.2, 0.25) is 0 Å². The van der Waals surface area contributed by atoms with Gasteiger partial charge in [-0.25, -0.2) is 9.18 Å². The lowest BCUT2D eigenvalue weighted by atomic mass is 9.84. The standard InChI is InChI=1S/C16H25FN2O2/c1-15(2,12-7-6-8-13(17)9-12)10-18-14(20)19(5)11-16(3,4)21/h6-9,21H,10-11H2,1-5H3,(H,18,20). The van der Waals surface area contributed by atoms with Crippen LogP contribution in [-0.2, 0) is 5.41 Å². The minimum atomic E-state index is -0.940. The van der Waals surface area contributed by atoms with E-state index in [1.54, 1.807) is 27.0 Å². The first-order chi connectivity index (χ1) is 9.51. The molecule has 21 heavy (non-hydrogen) atoms. The smallest absolute Gasteiger partial charge is 0.317 e. The Morgan fingerprint density at radius 3 is 2.48 bits per heavy atom. The Morgan fingerprint density at radius 1 is 1.33 bits per heavy atom. The van der Waals surface area contributed by atoms with E-state index in [9.17, 15) is 14.3 Å². The minimum absolute atomic E-state index is 0.235. The van der Waals surface area contributed by atoms with E-state index in [-0.39, 0.29) is 23.8 Å². The van der Waals surface area contributed by atoms with Gasteiger partial charge in [0.15, 0.2) is 0 Å². The fourth-order valence-corrected chi connectivity index (χ4v) is 2.10. The van der Waals surface area contributed by atoms with Crippen LogP contribution in [0.4, 0.5) is 9.18 Å². The highest BCUT2D eigenvalue weighted by atomic mass is 19.1. The number of carbonyl (C=O) groups excluding carboxylic acids is 1. The number of amides is 2. The lowest BCUT2D eigenvalue weighted by Crippen LogP contribution is -2.47. The zero-order valence-electron chi connectivity index (χ0n) is 13.4. The minimum Gasteiger partial charge on any atom is -0.389 e. The largest absolute Gasteiger partial charge is 0.389 e. The number of nitrogens with one attached hydrogen (secondary N) is 1. The van der Waals surface area contributed by atoms with Gasteiger partial charge in [-0.15, -0.1) is 0 Å². The highest BCUT2D eigenvalue weighted by molar-refractivity contribution is 5.74. The molecular formula is C16H25FN2O2. The van der Waals surface area contributed by atoms with Crippen molar-refractivity contribution in [3.63, 3.8) is 0 Å². The summed E-state index contributed by atoms with van der Waals surface area (Å²) in [5, 5.41) is 12.5. The molecule has 0 fully saturated rings. The Balaban J connectivity index is 2.63. The van der Waals surface area contributed by atoms with Crippen LogP contribution in [0.2, 0.25) is 0 Å². The summed E-state index contributed by atoms with van der Waals surface area (Å²) in [6, 6.07) is 6.12. The molecule has 2 N–H and O–H groups in total. The van der Waals surface area contributed by atoms with Gasteiger partial charge >= 0.3 is 6.03 Å². The molecule has 5 heteroatoms. The maximum absolute atomic E-state index is 13.3. The predicted molar refractivity (Wildman–Crippen MR) is 81.8 cm³/mol. The van der Waals surface area contributed by atoms with Crippen molar-refractivity contribution in [1.82, 2.24) is 10.2 Å². The molecule has 0 unspecified atom stereocenters. The first kappa shape index (κ1) is 17.4. The second-order valence-corrected chi connectivity index (χ2v) is 6.72. The van der Waals surface area contributed by atoms with E-state index in [0.29, 0.717) is 6.54 Å². The second-order valence-electron chi connectivity index (χ2n) is 6.72. The van der Waals surface area contributed by atoms with Crippen LogP contribution in [0.3, 0.4) is 0 Å². The summed E-state index contributed by atoms with van der Waals surface area (Å²) < 4.78 is 13.3. The van der Waals surface area contributed by atoms with Crippen LogP contribution in [-0.4, -0.2) is 41.8 Å². The van der Waals surface area contributed by atoms with Gasteiger partial charge in [0.05, 0.1) is 12.1 Å². The SMILES string of the molecule is CN(CC(C)(C)O)C(=O)NCC(C)(C)c1cccc(F)c1. The molecule has 0 saturated heterocycles. The van der Waals surface area contributed by atoms with Crippen LogP contribution in [0.5, 0.6) is 0 Å². The molecule has 0 aliphatic rings. The van der Waals surface area contributed by atoms with Crippen LogP contribution in [0.25, 0.3) is 0 Å². The molecule has 0 spiro atoms. The van der Waals surface area contributed by atoms with Crippen LogP contribution >= 0.6 is 0 Å². The molecule has 0 saturated carbocycles. The maximum Gasteiger partial charge on any atom is 0.317 e. The van der Waals surface area contributed by atoms with Crippen molar-refractivity contribution < 1.29 is 14.3 Å². The first-order valence-electron chi connectivity index (χ1n) is 6.99. The third-order valence-corrected chi connectivity index (χ3v) is 3.26. The van der Waals surface area contributed by atoms with E-state index in [0.717, 1.165) is 5.56 Å². The molecule has 0 bridgehead atoms. The van der Waals surface area contributed by atoms with E-state index >= 15 is 0 Å². The Kier molecular flexibility index (Phi) is 5.34. The topological polar surface area (TPSA) is 52.6 Å². The van der Waals surface area contributed by atoms with E-state index in [1.807, 2.05) is 19.9 Å². The van der Waals surface area contributed by atoms with E-state index in [4.69, 9.17) is 0 Å².